The topological polar surface area (TPSA) is 29.1 Å². The molecule has 1 amide bonds. The van der Waals surface area contributed by atoms with E-state index in [1.165, 1.54) is 6.08 Å². The van der Waals surface area contributed by atoms with Crippen LogP contribution in [0.4, 0.5) is 8.78 Å². The zero-order valence-corrected chi connectivity index (χ0v) is 8.07. The molecule has 0 saturated carbocycles. The minimum atomic E-state index is -3.26. The van der Waals surface area contributed by atoms with E-state index in [9.17, 15) is 13.6 Å². The molecular weight excluding hydrogens is 244 g/mol. The van der Waals surface area contributed by atoms with Crippen molar-refractivity contribution in [1.29, 1.82) is 0 Å². The van der Waals surface area contributed by atoms with Gasteiger partial charge in [0.05, 0.1) is 5.92 Å². The highest BCUT2D eigenvalue weighted by atomic mass is 79.9. The van der Waals surface area contributed by atoms with Gasteiger partial charge in [-0.25, -0.2) is 0 Å². The minimum absolute atomic E-state index is 0.178. The van der Waals surface area contributed by atoms with Crippen molar-refractivity contribution in [3.05, 3.63) is 22.3 Å². The van der Waals surface area contributed by atoms with Gasteiger partial charge < -0.3 is 5.32 Å². The Morgan fingerprint density at radius 3 is 2.92 bits per heavy atom. The number of hydrogen-bond acceptors (Lipinski definition) is 1. The van der Waals surface area contributed by atoms with Crippen molar-refractivity contribution in [2.24, 2.45) is 5.92 Å². The molecule has 0 spiro atoms. The Morgan fingerprint density at radius 2 is 2.23 bits per heavy atom. The fraction of sp³-hybridized carbons (Fsp3) is 0.375. The number of carbonyl (C=O) groups excluding carboxylic acids is 1. The normalized spacial score (nSPS) is 30.4. The van der Waals surface area contributed by atoms with Gasteiger partial charge in [0.1, 0.15) is 0 Å². The third-order valence-electron chi connectivity index (χ3n) is 2.22. The lowest BCUT2D eigenvalue weighted by molar-refractivity contribution is -0.144. The van der Waals surface area contributed by atoms with Gasteiger partial charge in [-0.15, -0.1) is 0 Å². The summed E-state index contributed by atoms with van der Waals surface area (Å²) in [6.07, 6.45) is 3.36. The van der Waals surface area contributed by atoms with Crippen LogP contribution in [0, 0.1) is 5.92 Å². The predicted octanol–water partition coefficient (Wildman–Crippen LogP) is 1.93. The van der Waals surface area contributed by atoms with Crippen LogP contribution in [0.1, 0.15) is 6.42 Å². The molecule has 1 aliphatic carbocycles. The second-order valence-electron chi connectivity index (χ2n) is 3.07. The largest absolute Gasteiger partial charge is 0.333 e. The molecule has 0 aromatic rings. The first kappa shape index (κ1) is 8.87. The summed E-state index contributed by atoms with van der Waals surface area (Å²) in [5.74, 6) is -5.47. The average Bonchev–Trinajstić information content (AvgIpc) is 2.27. The SMILES string of the molecule is O=C1NC2=CC=C(Br)CC2C1(F)F. The Hall–Kier alpha value is -0.710. The van der Waals surface area contributed by atoms with Crippen LogP contribution in [0.25, 0.3) is 0 Å². The number of allylic oxidation sites excluding steroid dienone is 4. The second-order valence-corrected chi connectivity index (χ2v) is 4.09. The van der Waals surface area contributed by atoms with Gasteiger partial charge in [0, 0.05) is 5.70 Å². The van der Waals surface area contributed by atoms with Crippen molar-refractivity contribution in [2.75, 3.05) is 0 Å². The molecule has 2 aliphatic rings. The lowest BCUT2D eigenvalue weighted by atomic mass is 9.94. The third kappa shape index (κ3) is 1.22. The smallest absolute Gasteiger partial charge is 0.324 e. The van der Waals surface area contributed by atoms with Gasteiger partial charge in [0.25, 0.3) is 5.91 Å². The van der Waals surface area contributed by atoms with E-state index < -0.39 is 17.7 Å². The van der Waals surface area contributed by atoms with Crippen molar-refractivity contribution in [2.45, 2.75) is 12.3 Å². The molecule has 0 radical (unpaired) electrons. The van der Waals surface area contributed by atoms with Crippen LogP contribution in [0.2, 0.25) is 0 Å². The van der Waals surface area contributed by atoms with Gasteiger partial charge in [-0.2, -0.15) is 8.78 Å². The Balaban J connectivity index is 2.38. The Labute approximate surface area is 81.8 Å². The molecule has 2 rings (SSSR count). The van der Waals surface area contributed by atoms with Crippen LogP contribution < -0.4 is 5.32 Å². The van der Waals surface area contributed by atoms with Crippen molar-refractivity contribution in [3.63, 3.8) is 0 Å². The number of halogens is 3. The first-order valence-electron chi connectivity index (χ1n) is 3.77. The van der Waals surface area contributed by atoms with Crippen molar-refractivity contribution < 1.29 is 13.6 Å². The van der Waals surface area contributed by atoms with E-state index in [4.69, 9.17) is 0 Å². The molecule has 1 atom stereocenters. The monoisotopic (exact) mass is 249 g/mol. The summed E-state index contributed by atoms with van der Waals surface area (Å²) >= 11 is 3.14. The summed E-state index contributed by atoms with van der Waals surface area (Å²) in [7, 11) is 0. The summed E-state index contributed by atoms with van der Waals surface area (Å²) in [4.78, 5) is 10.8. The summed E-state index contributed by atoms with van der Waals surface area (Å²) in [5, 5.41) is 2.17. The lowest BCUT2D eigenvalue weighted by Crippen LogP contribution is -2.32. The van der Waals surface area contributed by atoms with Crippen molar-refractivity contribution in [3.8, 4) is 0 Å². The molecule has 1 fully saturated rings. The molecular formula is C8H6BrF2NO. The van der Waals surface area contributed by atoms with Gasteiger partial charge in [-0.3, -0.25) is 4.79 Å². The molecule has 1 heterocycles. The van der Waals surface area contributed by atoms with Crippen LogP contribution >= 0.6 is 15.9 Å². The van der Waals surface area contributed by atoms with Gasteiger partial charge in [0.15, 0.2) is 0 Å². The zero-order chi connectivity index (χ0) is 9.64. The Bertz CT molecular complexity index is 335. The van der Waals surface area contributed by atoms with E-state index in [-0.39, 0.29) is 6.42 Å². The van der Waals surface area contributed by atoms with E-state index in [1.54, 1.807) is 6.08 Å². The van der Waals surface area contributed by atoms with E-state index >= 15 is 0 Å². The maximum atomic E-state index is 13.1. The molecule has 0 aromatic carbocycles. The Morgan fingerprint density at radius 1 is 1.54 bits per heavy atom. The maximum Gasteiger partial charge on any atom is 0.333 e. The van der Waals surface area contributed by atoms with Gasteiger partial charge in [-0.1, -0.05) is 22.0 Å². The first-order valence-corrected chi connectivity index (χ1v) is 4.56. The molecule has 70 valence electrons. The molecule has 0 bridgehead atoms. The number of amides is 1. The van der Waals surface area contributed by atoms with E-state index in [2.05, 4.69) is 21.2 Å². The first-order chi connectivity index (χ1) is 6.01. The fourth-order valence-electron chi connectivity index (χ4n) is 1.49. The molecule has 1 saturated heterocycles. The van der Waals surface area contributed by atoms with Gasteiger partial charge >= 0.3 is 5.92 Å². The van der Waals surface area contributed by atoms with E-state index in [1.807, 2.05) is 0 Å². The highest BCUT2D eigenvalue weighted by Crippen LogP contribution is 2.42. The summed E-state index contributed by atoms with van der Waals surface area (Å²) < 4.78 is 27.0. The van der Waals surface area contributed by atoms with Gasteiger partial charge in [-0.05, 0) is 17.0 Å². The molecule has 2 nitrogen and oxygen atoms in total. The molecule has 1 aliphatic heterocycles. The van der Waals surface area contributed by atoms with Crippen LogP contribution in [0.3, 0.4) is 0 Å². The number of alkyl halides is 2. The van der Waals surface area contributed by atoms with Crippen LogP contribution in [-0.4, -0.2) is 11.8 Å². The molecule has 5 heteroatoms. The Kier molecular flexibility index (Phi) is 1.80. The number of hydrogen-bond donors (Lipinski definition) is 1. The quantitative estimate of drug-likeness (QED) is 0.699. The number of carbonyl (C=O) groups is 1. The molecule has 1 unspecified atom stereocenters. The number of fused-ring (bicyclic) bond motifs is 1. The summed E-state index contributed by atoms with van der Waals surface area (Å²) in [6, 6.07) is 0. The predicted molar refractivity (Wildman–Crippen MR) is 46.3 cm³/mol. The lowest BCUT2D eigenvalue weighted by Gasteiger charge is -2.18. The highest BCUT2D eigenvalue weighted by Gasteiger charge is 2.55. The summed E-state index contributed by atoms with van der Waals surface area (Å²) in [6.45, 7) is 0. The molecule has 1 N–H and O–H groups in total. The van der Waals surface area contributed by atoms with E-state index in [0.717, 1.165) is 0 Å². The highest BCUT2D eigenvalue weighted by molar-refractivity contribution is 9.11. The average molecular weight is 250 g/mol. The second kappa shape index (κ2) is 2.64. The maximum absolute atomic E-state index is 13.1. The van der Waals surface area contributed by atoms with Crippen molar-refractivity contribution >= 4 is 21.8 Å². The number of rotatable bonds is 0. The van der Waals surface area contributed by atoms with Crippen molar-refractivity contribution in [1.82, 2.24) is 5.32 Å². The van der Waals surface area contributed by atoms with Crippen LogP contribution in [0.5, 0.6) is 0 Å². The zero-order valence-electron chi connectivity index (χ0n) is 6.48. The minimum Gasteiger partial charge on any atom is -0.324 e. The molecule has 13 heavy (non-hydrogen) atoms. The summed E-state index contributed by atoms with van der Waals surface area (Å²) in [5.41, 5.74) is 0.318. The van der Waals surface area contributed by atoms with E-state index in [0.29, 0.717) is 10.2 Å². The number of nitrogens with one attached hydrogen (secondary N) is 1. The molecule has 0 aromatic heterocycles. The van der Waals surface area contributed by atoms with Crippen LogP contribution in [0.15, 0.2) is 22.3 Å². The third-order valence-corrected chi connectivity index (χ3v) is 2.80. The standard InChI is InChI=1S/C8H6BrF2NO/c9-4-1-2-6-5(3-4)8(10,11)7(13)12-6/h1-2,5H,3H2,(H,12,13). The fourth-order valence-corrected chi connectivity index (χ4v) is 1.95. The van der Waals surface area contributed by atoms with Gasteiger partial charge in [0.2, 0.25) is 0 Å². The van der Waals surface area contributed by atoms with Crippen LogP contribution in [-0.2, 0) is 4.79 Å².